The number of pyridine rings is 2. The zero-order valence-corrected chi connectivity index (χ0v) is 14.7. The Morgan fingerprint density at radius 3 is 2.21 bits per heavy atom. The minimum Gasteiger partial charge on any atom is -0.494 e. The molecule has 29 heavy (non-hydrogen) atoms. The highest BCUT2D eigenvalue weighted by Crippen LogP contribution is 2.35. The van der Waals surface area contributed by atoms with E-state index in [9.17, 15) is 24.8 Å². The second-order valence-corrected chi connectivity index (χ2v) is 6.06. The van der Waals surface area contributed by atoms with E-state index >= 15 is 0 Å². The van der Waals surface area contributed by atoms with Crippen molar-refractivity contribution < 1.29 is 19.6 Å². The molecule has 0 bridgehead atoms. The highest BCUT2D eigenvalue weighted by molar-refractivity contribution is 6.20. The van der Waals surface area contributed by atoms with Crippen LogP contribution in [0.5, 0.6) is 5.88 Å². The Morgan fingerprint density at radius 1 is 0.966 bits per heavy atom. The lowest BCUT2D eigenvalue weighted by atomic mass is 10.1. The van der Waals surface area contributed by atoms with Crippen molar-refractivity contribution in [2.75, 3.05) is 0 Å². The fraction of sp³-hybridized carbons (Fsp3) is 0. The number of nitrogens with zero attached hydrogens (tertiary/aromatic N) is 4. The summed E-state index contributed by atoms with van der Waals surface area (Å²) >= 11 is 0. The number of carbonyl (C=O) groups is 2. The van der Waals surface area contributed by atoms with Gasteiger partial charge in [-0.2, -0.15) is 0 Å². The SMILES string of the molecule is O=C(c1ccccn1)c1c(O)n(C(=O)c2ccccn2)c2cc([N+](=O)[O-])ccc12. The van der Waals surface area contributed by atoms with Crippen molar-refractivity contribution in [3.63, 3.8) is 0 Å². The van der Waals surface area contributed by atoms with Gasteiger partial charge in [-0.25, -0.2) is 4.57 Å². The lowest BCUT2D eigenvalue weighted by molar-refractivity contribution is -0.384. The van der Waals surface area contributed by atoms with E-state index in [-0.39, 0.29) is 33.5 Å². The first kappa shape index (κ1) is 18.0. The minimum absolute atomic E-state index is 0.00282. The van der Waals surface area contributed by atoms with Crippen LogP contribution in [0.25, 0.3) is 10.9 Å². The molecule has 0 aliphatic carbocycles. The first-order valence-electron chi connectivity index (χ1n) is 8.42. The van der Waals surface area contributed by atoms with E-state index in [1.807, 2.05) is 0 Å². The van der Waals surface area contributed by atoms with E-state index in [2.05, 4.69) is 9.97 Å². The number of fused-ring (bicyclic) bond motifs is 1. The molecular formula is C20H12N4O5. The van der Waals surface area contributed by atoms with Crippen molar-refractivity contribution in [3.05, 3.63) is 94.1 Å². The third-order valence-electron chi connectivity index (χ3n) is 4.35. The van der Waals surface area contributed by atoms with Crippen molar-refractivity contribution in [2.24, 2.45) is 0 Å². The molecule has 3 heterocycles. The molecule has 0 fully saturated rings. The molecule has 1 N–H and O–H groups in total. The van der Waals surface area contributed by atoms with E-state index in [0.717, 1.165) is 10.6 Å². The molecule has 0 aliphatic heterocycles. The summed E-state index contributed by atoms with van der Waals surface area (Å²) in [7, 11) is 0. The van der Waals surface area contributed by atoms with Crippen LogP contribution < -0.4 is 0 Å². The van der Waals surface area contributed by atoms with Gasteiger partial charge in [0, 0.05) is 29.9 Å². The summed E-state index contributed by atoms with van der Waals surface area (Å²) in [5.74, 6) is -1.98. The topological polar surface area (TPSA) is 128 Å². The van der Waals surface area contributed by atoms with Crippen LogP contribution in [-0.2, 0) is 0 Å². The van der Waals surface area contributed by atoms with E-state index in [1.54, 1.807) is 24.3 Å². The smallest absolute Gasteiger partial charge is 0.283 e. The Morgan fingerprint density at radius 2 is 1.62 bits per heavy atom. The number of non-ortho nitro benzene ring substituents is 1. The van der Waals surface area contributed by atoms with Gasteiger partial charge in [-0.1, -0.05) is 12.1 Å². The lowest BCUT2D eigenvalue weighted by Crippen LogP contribution is -2.13. The number of nitro benzene ring substituents is 1. The average Bonchev–Trinajstić information content (AvgIpc) is 3.04. The molecule has 1 aromatic carbocycles. The number of hydrogen-bond acceptors (Lipinski definition) is 7. The summed E-state index contributed by atoms with van der Waals surface area (Å²) in [6.45, 7) is 0. The molecule has 0 atom stereocenters. The second kappa shape index (κ2) is 6.97. The van der Waals surface area contributed by atoms with Crippen molar-refractivity contribution in [1.29, 1.82) is 0 Å². The van der Waals surface area contributed by atoms with Crippen molar-refractivity contribution in [1.82, 2.24) is 14.5 Å². The summed E-state index contributed by atoms with van der Waals surface area (Å²) in [4.78, 5) is 44.5. The van der Waals surface area contributed by atoms with Crippen molar-refractivity contribution in [2.45, 2.75) is 0 Å². The first-order chi connectivity index (χ1) is 14.0. The van der Waals surface area contributed by atoms with Gasteiger partial charge in [0.25, 0.3) is 11.6 Å². The minimum atomic E-state index is -0.728. The fourth-order valence-electron chi connectivity index (χ4n) is 3.03. The molecule has 0 unspecified atom stereocenters. The van der Waals surface area contributed by atoms with Crippen LogP contribution in [0.3, 0.4) is 0 Å². The summed E-state index contributed by atoms with van der Waals surface area (Å²) < 4.78 is 0.848. The maximum atomic E-state index is 13.0. The van der Waals surface area contributed by atoms with Crippen LogP contribution in [0.2, 0.25) is 0 Å². The molecule has 142 valence electrons. The molecule has 9 nitrogen and oxygen atoms in total. The van der Waals surface area contributed by atoms with Gasteiger partial charge in [-0.05, 0) is 30.3 Å². The molecule has 0 saturated heterocycles. The zero-order valence-electron chi connectivity index (χ0n) is 14.7. The number of ketones is 1. The maximum Gasteiger partial charge on any atom is 0.283 e. The van der Waals surface area contributed by atoms with Crippen LogP contribution in [0.1, 0.15) is 26.5 Å². The van der Waals surface area contributed by atoms with Crippen LogP contribution in [0.4, 0.5) is 5.69 Å². The number of carbonyl (C=O) groups excluding carboxylic acids is 2. The molecule has 0 spiro atoms. The van der Waals surface area contributed by atoms with Crippen LogP contribution in [-0.4, -0.2) is 36.3 Å². The first-order valence-corrected chi connectivity index (χ1v) is 8.42. The Kier molecular flexibility index (Phi) is 4.32. The molecule has 4 rings (SSSR count). The fourth-order valence-corrected chi connectivity index (χ4v) is 3.03. The molecule has 3 aromatic heterocycles. The van der Waals surface area contributed by atoms with Crippen molar-refractivity contribution >= 4 is 28.3 Å². The Hall–Kier alpha value is -4.40. The van der Waals surface area contributed by atoms with Gasteiger partial charge in [0.05, 0.1) is 16.0 Å². The van der Waals surface area contributed by atoms with Gasteiger partial charge in [0.2, 0.25) is 11.7 Å². The molecule has 0 saturated carbocycles. The van der Waals surface area contributed by atoms with Gasteiger partial charge in [-0.3, -0.25) is 29.7 Å². The van der Waals surface area contributed by atoms with Crippen molar-refractivity contribution in [3.8, 4) is 5.88 Å². The van der Waals surface area contributed by atoms with Gasteiger partial charge < -0.3 is 5.11 Å². The van der Waals surface area contributed by atoms with E-state index < -0.39 is 22.5 Å². The molecule has 0 radical (unpaired) electrons. The summed E-state index contributed by atoms with van der Waals surface area (Å²) in [6, 6.07) is 13.0. The Labute approximate surface area is 163 Å². The third-order valence-corrected chi connectivity index (χ3v) is 4.35. The predicted octanol–water partition coefficient (Wildman–Crippen LogP) is 2.96. The quantitative estimate of drug-likeness (QED) is 0.323. The van der Waals surface area contributed by atoms with Gasteiger partial charge >= 0.3 is 0 Å². The molecule has 9 heteroatoms. The molecule has 4 aromatic rings. The second-order valence-electron chi connectivity index (χ2n) is 6.06. The predicted molar refractivity (Wildman–Crippen MR) is 102 cm³/mol. The number of nitro groups is 1. The normalized spacial score (nSPS) is 10.8. The van der Waals surface area contributed by atoms with Crippen LogP contribution in [0.15, 0.2) is 67.0 Å². The Bertz CT molecular complexity index is 1270. The number of aromatic nitrogens is 3. The van der Waals surface area contributed by atoms with Gasteiger partial charge in [0.15, 0.2) is 0 Å². The summed E-state index contributed by atoms with van der Waals surface area (Å²) in [6.07, 6.45) is 2.83. The average molecular weight is 388 g/mol. The van der Waals surface area contributed by atoms with E-state index in [4.69, 9.17) is 0 Å². The van der Waals surface area contributed by atoms with Crippen LogP contribution in [0, 0.1) is 10.1 Å². The number of benzene rings is 1. The number of hydrogen-bond donors (Lipinski definition) is 1. The van der Waals surface area contributed by atoms with E-state index in [0.29, 0.717) is 0 Å². The highest BCUT2D eigenvalue weighted by atomic mass is 16.6. The zero-order chi connectivity index (χ0) is 20.5. The van der Waals surface area contributed by atoms with Gasteiger partial charge in [0.1, 0.15) is 11.4 Å². The monoisotopic (exact) mass is 388 g/mol. The molecule has 0 aliphatic rings. The Balaban J connectivity index is 2.00. The molecule has 0 amide bonds. The third kappa shape index (κ3) is 3.00. The number of aromatic hydroxyl groups is 1. The number of rotatable bonds is 4. The lowest BCUT2D eigenvalue weighted by Gasteiger charge is -2.05. The summed E-state index contributed by atoms with van der Waals surface area (Å²) in [5, 5.41) is 22.2. The largest absolute Gasteiger partial charge is 0.494 e. The standard InChI is InChI=1S/C20H12N4O5/c25-18(14-5-1-3-9-21-14)17-13-8-7-12(24(28)29)11-16(13)23(20(17)27)19(26)15-6-2-4-10-22-15/h1-11,27H. The summed E-state index contributed by atoms with van der Waals surface area (Å²) in [5.41, 5.74) is -0.375. The maximum absolute atomic E-state index is 13.0. The van der Waals surface area contributed by atoms with Crippen LogP contribution >= 0.6 is 0 Å². The molecular weight excluding hydrogens is 376 g/mol. The van der Waals surface area contributed by atoms with E-state index in [1.165, 1.54) is 36.7 Å². The highest BCUT2D eigenvalue weighted by Gasteiger charge is 2.29. The van der Waals surface area contributed by atoms with Gasteiger partial charge in [-0.15, -0.1) is 0 Å².